The number of amides is 1. The molecular weight excluding hydrogens is 440 g/mol. The van der Waals surface area contributed by atoms with E-state index in [1.807, 2.05) is 66.7 Å². The van der Waals surface area contributed by atoms with Gasteiger partial charge in [-0.3, -0.25) is 4.79 Å². The van der Waals surface area contributed by atoms with Crippen molar-refractivity contribution in [1.82, 2.24) is 14.3 Å². The highest BCUT2D eigenvalue weighted by molar-refractivity contribution is 8.00. The van der Waals surface area contributed by atoms with Crippen LogP contribution < -0.4 is 10.1 Å². The number of methoxy groups -OCH3 is 1. The zero-order chi connectivity index (χ0) is 21.9. The number of rotatable bonds is 6. The smallest absolute Gasteiger partial charge is 0.234 e. The fraction of sp³-hybridized carbons (Fsp3) is 0.0833. The Labute approximate surface area is 192 Å². The summed E-state index contributed by atoms with van der Waals surface area (Å²) in [7, 11) is 1.64. The molecule has 0 saturated heterocycles. The number of ether oxygens (including phenoxy) is 1. The first-order chi connectivity index (χ1) is 15.7. The minimum absolute atomic E-state index is 0.0852. The number of aromatic nitrogens is 3. The van der Waals surface area contributed by atoms with Gasteiger partial charge >= 0.3 is 0 Å². The first kappa shape index (κ1) is 20.4. The molecule has 0 aliphatic heterocycles. The van der Waals surface area contributed by atoms with Crippen LogP contribution in [0.25, 0.3) is 32.2 Å². The second-order valence-corrected chi connectivity index (χ2v) is 8.72. The van der Waals surface area contributed by atoms with Gasteiger partial charge in [0.15, 0.2) is 0 Å². The van der Waals surface area contributed by atoms with E-state index in [0.717, 1.165) is 48.7 Å². The number of carbonyl (C=O) groups is 1. The predicted octanol–water partition coefficient (Wildman–Crippen LogP) is 5.65. The third-order valence-electron chi connectivity index (χ3n) is 4.99. The minimum Gasteiger partial charge on any atom is -0.497 e. The van der Waals surface area contributed by atoms with Gasteiger partial charge in [-0.15, -0.1) is 0 Å². The second kappa shape index (κ2) is 8.94. The van der Waals surface area contributed by atoms with Gasteiger partial charge < -0.3 is 10.1 Å². The SMILES string of the molecule is COc1ccc(-c2nsc3c(SCC(=O)Nc4cccc5ccccc45)ncnc23)cc1. The van der Waals surface area contributed by atoms with Crippen LogP contribution in [-0.2, 0) is 4.79 Å². The Kier molecular flexibility index (Phi) is 5.70. The second-order valence-electron chi connectivity index (χ2n) is 6.98. The lowest BCUT2D eigenvalue weighted by Gasteiger charge is -2.08. The van der Waals surface area contributed by atoms with Crippen molar-refractivity contribution in [2.75, 3.05) is 18.2 Å². The molecule has 2 aromatic heterocycles. The number of fused-ring (bicyclic) bond motifs is 2. The highest BCUT2D eigenvalue weighted by Gasteiger charge is 2.16. The van der Waals surface area contributed by atoms with E-state index >= 15 is 0 Å². The zero-order valence-corrected chi connectivity index (χ0v) is 18.7. The lowest BCUT2D eigenvalue weighted by atomic mass is 10.1. The van der Waals surface area contributed by atoms with Crippen molar-refractivity contribution in [2.45, 2.75) is 5.03 Å². The highest BCUT2D eigenvalue weighted by Crippen LogP contribution is 2.35. The van der Waals surface area contributed by atoms with Gasteiger partial charge in [0.25, 0.3) is 0 Å². The molecule has 1 amide bonds. The number of benzene rings is 3. The molecule has 0 atom stereocenters. The molecule has 3 aromatic carbocycles. The van der Waals surface area contributed by atoms with Crippen molar-refractivity contribution >= 4 is 55.9 Å². The summed E-state index contributed by atoms with van der Waals surface area (Å²) in [5.74, 6) is 0.944. The van der Waals surface area contributed by atoms with Crippen LogP contribution in [0, 0.1) is 0 Å². The van der Waals surface area contributed by atoms with Gasteiger partial charge in [-0.25, -0.2) is 9.97 Å². The van der Waals surface area contributed by atoms with Crippen LogP contribution >= 0.6 is 23.3 Å². The van der Waals surface area contributed by atoms with Crippen LogP contribution in [0.2, 0.25) is 0 Å². The molecule has 0 spiro atoms. The molecule has 5 rings (SSSR count). The number of hydrogen-bond donors (Lipinski definition) is 1. The molecule has 2 heterocycles. The van der Waals surface area contributed by atoms with E-state index in [4.69, 9.17) is 4.74 Å². The fourth-order valence-corrected chi connectivity index (χ4v) is 5.16. The highest BCUT2D eigenvalue weighted by atomic mass is 32.2. The lowest BCUT2D eigenvalue weighted by molar-refractivity contribution is -0.113. The number of anilines is 1. The average Bonchev–Trinajstić information content (AvgIpc) is 3.28. The van der Waals surface area contributed by atoms with E-state index in [1.54, 1.807) is 7.11 Å². The third kappa shape index (κ3) is 4.02. The summed E-state index contributed by atoms with van der Waals surface area (Å²) < 4.78 is 10.7. The Morgan fingerprint density at radius 1 is 1.03 bits per heavy atom. The third-order valence-corrected chi connectivity index (χ3v) is 6.95. The van der Waals surface area contributed by atoms with Crippen LogP contribution in [-0.4, -0.2) is 33.1 Å². The Hall–Kier alpha value is -3.49. The predicted molar refractivity (Wildman–Crippen MR) is 130 cm³/mol. The standard InChI is InChI=1S/C24H18N4O2S2/c1-30-17-11-9-16(10-12-17)21-22-23(32-28-21)24(26-14-25-22)31-13-20(29)27-19-8-4-6-15-5-2-3-7-18(15)19/h2-12,14H,13H2,1H3,(H,27,29). The van der Waals surface area contributed by atoms with Gasteiger partial charge in [-0.1, -0.05) is 48.2 Å². The normalized spacial score (nSPS) is 11.0. The molecule has 0 aliphatic rings. The molecule has 0 saturated carbocycles. The molecule has 1 N–H and O–H groups in total. The van der Waals surface area contributed by atoms with Crippen LogP contribution in [0.5, 0.6) is 5.75 Å². The summed E-state index contributed by atoms with van der Waals surface area (Å²) in [5, 5.41) is 5.88. The maximum Gasteiger partial charge on any atom is 0.234 e. The van der Waals surface area contributed by atoms with Crippen molar-refractivity contribution < 1.29 is 9.53 Å². The number of nitrogens with one attached hydrogen (secondary N) is 1. The van der Waals surface area contributed by atoms with Crippen molar-refractivity contribution in [3.05, 3.63) is 73.1 Å². The topological polar surface area (TPSA) is 77.0 Å². The van der Waals surface area contributed by atoms with Gasteiger partial charge in [0.1, 0.15) is 33.0 Å². The molecule has 0 aliphatic carbocycles. The number of carbonyl (C=O) groups excluding carboxylic acids is 1. The van der Waals surface area contributed by atoms with Crippen molar-refractivity contribution in [2.24, 2.45) is 0 Å². The van der Waals surface area contributed by atoms with Gasteiger partial charge in [-0.2, -0.15) is 4.37 Å². The molecule has 8 heteroatoms. The number of hydrogen-bond acceptors (Lipinski definition) is 7. The summed E-state index contributed by atoms with van der Waals surface area (Å²) >= 11 is 2.73. The quantitative estimate of drug-likeness (QED) is 0.262. The molecular formula is C24H18N4O2S2. The van der Waals surface area contributed by atoms with Crippen LogP contribution in [0.1, 0.15) is 0 Å². The monoisotopic (exact) mass is 458 g/mol. The summed E-state index contributed by atoms with van der Waals surface area (Å²) in [4.78, 5) is 21.5. The summed E-state index contributed by atoms with van der Waals surface area (Å²) in [5.41, 5.74) is 3.35. The molecule has 6 nitrogen and oxygen atoms in total. The average molecular weight is 459 g/mol. The Morgan fingerprint density at radius 2 is 1.84 bits per heavy atom. The van der Waals surface area contributed by atoms with Gasteiger partial charge in [-0.05, 0) is 47.3 Å². The van der Waals surface area contributed by atoms with E-state index in [1.165, 1.54) is 29.6 Å². The fourth-order valence-electron chi connectivity index (χ4n) is 3.44. The summed E-state index contributed by atoms with van der Waals surface area (Å²) in [6.45, 7) is 0. The van der Waals surface area contributed by atoms with Crippen LogP contribution in [0.3, 0.4) is 0 Å². The van der Waals surface area contributed by atoms with Crippen molar-refractivity contribution in [3.63, 3.8) is 0 Å². The van der Waals surface area contributed by atoms with E-state index in [-0.39, 0.29) is 11.7 Å². The largest absolute Gasteiger partial charge is 0.497 e. The maximum absolute atomic E-state index is 12.7. The van der Waals surface area contributed by atoms with Crippen LogP contribution in [0.15, 0.2) is 78.1 Å². The van der Waals surface area contributed by atoms with E-state index in [9.17, 15) is 4.79 Å². The Morgan fingerprint density at radius 3 is 2.69 bits per heavy atom. The Bertz CT molecular complexity index is 1410. The Balaban J connectivity index is 1.34. The molecule has 158 valence electrons. The molecule has 5 aromatic rings. The minimum atomic E-state index is -0.0852. The first-order valence-electron chi connectivity index (χ1n) is 9.88. The number of thioether (sulfide) groups is 1. The van der Waals surface area contributed by atoms with E-state index in [2.05, 4.69) is 19.7 Å². The summed E-state index contributed by atoms with van der Waals surface area (Å²) in [6.07, 6.45) is 1.52. The van der Waals surface area contributed by atoms with Crippen molar-refractivity contribution in [3.8, 4) is 17.0 Å². The summed E-state index contributed by atoms with van der Waals surface area (Å²) in [6, 6.07) is 21.6. The molecule has 0 unspecified atom stereocenters. The van der Waals surface area contributed by atoms with E-state index in [0.29, 0.717) is 0 Å². The lowest BCUT2D eigenvalue weighted by Crippen LogP contribution is -2.14. The van der Waals surface area contributed by atoms with E-state index < -0.39 is 0 Å². The van der Waals surface area contributed by atoms with Gasteiger partial charge in [0.05, 0.1) is 12.9 Å². The maximum atomic E-state index is 12.7. The molecule has 32 heavy (non-hydrogen) atoms. The van der Waals surface area contributed by atoms with Gasteiger partial charge in [0, 0.05) is 16.6 Å². The molecule has 0 fully saturated rings. The molecule has 0 radical (unpaired) electrons. The van der Waals surface area contributed by atoms with Crippen molar-refractivity contribution in [1.29, 1.82) is 0 Å². The zero-order valence-electron chi connectivity index (χ0n) is 17.1. The van der Waals surface area contributed by atoms with Gasteiger partial charge in [0.2, 0.25) is 5.91 Å². The number of nitrogens with zero attached hydrogens (tertiary/aromatic N) is 3. The first-order valence-corrected chi connectivity index (χ1v) is 11.6. The van der Waals surface area contributed by atoms with Crippen LogP contribution in [0.4, 0.5) is 5.69 Å². The molecule has 0 bridgehead atoms.